The maximum Gasteiger partial charge on any atom is 0.126 e. The van der Waals surface area contributed by atoms with Gasteiger partial charge in [0.2, 0.25) is 0 Å². The van der Waals surface area contributed by atoms with Crippen LogP contribution in [0.5, 0.6) is 0 Å². The normalized spacial score (nSPS) is 18.5. The summed E-state index contributed by atoms with van der Waals surface area (Å²) in [7, 11) is 1.98. The lowest BCUT2D eigenvalue weighted by Gasteiger charge is -2.24. The van der Waals surface area contributed by atoms with Crippen molar-refractivity contribution in [3.8, 4) is 0 Å². The standard InChI is InChI=1S/C17H26FN/c1-13-8-10-15(12-16(13)18)17(19-2)11-9-14-6-4-3-5-7-14/h8,10,12,14,17,19H,3-7,9,11H2,1-2H3. The van der Waals surface area contributed by atoms with Crippen LogP contribution in [0.1, 0.15) is 62.1 Å². The van der Waals surface area contributed by atoms with Gasteiger partial charge in [0.05, 0.1) is 0 Å². The van der Waals surface area contributed by atoms with Crippen LogP contribution in [-0.4, -0.2) is 7.05 Å². The Bertz CT molecular complexity index is 396. The van der Waals surface area contributed by atoms with Crippen molar-refractivity contribution < 1.29 is 4.39 Å². The molecule has 1 N–H and O–H groups in total. The first kappa shape index (κ1) is 14.5. The van der Waals surface area contributed by atoms with E-state index in [0.29, 0.717) is 0 Å². The number of hydrogen-bond donors (Lipinski definition) is 1. The Hall–Kier alpha value is -0.890. The van der Waals surface area contributed by atoms with E-state index < -0.39 is 0 Å². The molecule has 0 heterocycles. The first-order chi connectivity index (χ1) is 9.20. The number of aryl methyl sites for hydroxylation is 1. The van der Waals surface area contributed by atoms with E-state index in [1.54, 1.807) is 6.07 Å². The molecular weight excluding hydrogens is 237 g/mol. The van der Waals surface area contributed by atoms with E-state index >= 15 is 0 Å². The third-order valence-corrected chi connectivity index (χ3v) is 4.54. The Morgan fingerprint density at radius 1 is 1.26 bits per heavy atom. The van der Waals surface area contributed by atoms with Crippen molar-refractivity contribution in [2.45, 2.75) is 57.9 Å². The molecule has 1 unspecified atom stereocenters. The summed E-state index contributed by atoms with van der Waals surface area (Å²) < 4.78 is 13.6. The lowest BCUT2D eigenvalue weighted by atomic mass is 9.84. The van der Waals surface area contributed by atoms with E-state index in [2.05, 4.69) is 11.4 Å². The molecule has 1 fully saturated rings. The number of halogens is 1. The van der Waals surface area contributed by atoms with Crippen molar-refractivity contribution in [3.05, 3.63) is 35.1 Å². The van der Waals surface area contributed by atoms with Crippen molar-refractivity contribution in [3.63, 3.8) is 0 Å². The minimum Gasteiger partial charge on any atom is -0.313 e. The second-order valence-electron chi connectivity index (χ2n) is 5.93. The predicted molar refractivity (Wildman–Crippen MR) is 78.7 cm³/mol. The highest BCUT2D eigenvalue weighted by molar-refractivity contribution is 5.25. The Kier molecular flexibility index (Phi) is 5.38. The molecule has 0 spiro atoms. The van der Waals surface area contributed by atoms with E-state index in [9.17, 15) is 4.39 Å². The minimum atomic E-state index is -0.0876. The maximum absolute atomic E-state index is 13.6. The maximum atomic E-state index is 13.6. The van der Waals surface area contributed by atoms with E-state index in [0.717, 1.165) is 23.5 Å². The lowest BCUT2D eigenvalue weighted by molar-refractivity contribution is 0.317. The zero-order chi connectivity index (χ0) is 13.7. The summed E-state index contributed by atoms with van der Waals surface area (Å²) in [5.41, 5.74) is 1.81. The molecule has 106 valence electrons. The second-order valence-corrected chi connectivity index (χ2v) is 5.93. The van der Waals surface area contributed by atoms with Gasteiger partial charge >= 0.3 is 0 Å². The Morgan fingerprint density at radius 2 is 2.00 bits per heavy atom. The zero-order valence-corrected chi connectivity index (χ0v) is 12.2. The number of nitrogens with one attached hydrogen (secondary N) is 1. The fourth-order valence-corrected chi connectivity index (χ4v) is 3.18. The van der Waals surface area contributed by atoms with Gasteiger partial charge in [0.1, 0.15) is 5.82 Å². The van der Waals surface area contributed by atoms with Gasteiger partial charge in [0, 0.05) is 6.04 Å². The quantitative estimate of drug-likeness (QED) is 0.808. The van der Waals surface area contributed by atoms with Gasteiger partial charge in [0.15, 0.2) is 0 Å². The Labute approximate surface area is 116 Å². The molecule has 1 aromatic rings. The van der Waals surface area contributed by atoms with E-state index in [1.807, 2.05) is 20.0 Å². The van der Waals surface area contributed by atoms with Crippen LogP contribution in [0.15, 0.2) is 18.2 Å². The van der Waals surface area contributed by atoms with Crippen molar-refractivity contribution in [2.24, 2.45) is 5.92 Å². The van der Waals surface area contributed by atoms with Crippen LogP contribution in [0, 0.1) is 18.7 Å². The number of rotatable bonds is 5. The molecule has 2 rings (SSSR count). The fraction of sp³-hybridized carbons (Fsp3) is 0.647. The molecule has 1 nitrogen and oxygen atoms in total. The van der Waals surface area contributed by atoms with Gasteiger partial charge in [-0.1, -0.05) is 44.2 Å². The summed E-state index contributed by atoms with van der Waals surface area (Å²) in [6, 6.07) is 5.92. The fourth-order valence-electron chi connectivity index (χ4n) is 3.18. The highest BCUT2D eigenvalue weighted by atomic mass is 19.1. The molecule has 1 saturated carbocycles. The van der Waals surface area contributed by atoms with Gasteiger partial charge in [-0.25, -0.2) is 4.39 Å². The van der Waals surface area contributed by atoms with Crippen LogP contribution in [0.3, 0.4) is 0 Å². The van der Waals surface area contributed by atoms with Gasteiger partial charge in [0.25, 0.3) is 0 Å². The van der Waals surface area contributed by atoms with E-state index in [-0.39, 0.29) is 11.9 Å². The molecule has 0 aromatic heterocycles. The molecule has 19 heavy (non-hydrogen) atoms. The number of hydrogen-bond acceptors (Lipinski definition) is 1. The third kappa shape index (κ3) is 4.04. The highest BCUT2D eigenvalue weighted by Gasteiger charge is 2.17. The molecular formula is C17H26FN. The van der Waals surface area contributed by atoms with Gasteiger partial charge in [-0.05, 0) is 49.9 Å². The van der Waals surface area contributed by atoms with Crippen LogP contribution >= 0.6 is 0 Å². The number of benzene rings is 1. The van der Waals surface area contributed by atoms with Gasteiger partial charge in [-0.3, -0.25) is 0 Å². The second kappa shape index (κ2) is 7.04. The Balaban J connectivity index is 1.93. The lowest BCUT2D eigenvalue weighted by Crippen LogP contribution is -2.18. The van der Waals surface area contributed by atoms with Gasteiger partial charge in [-0.15, -0.1) is 0 Å². The summed E-state index contributed by atoms with van der Waals surface area (Å²) in [6.07, 6.45) is 9.36. The minimum absolute atomic E-state index is 0.0876. The SMILES string of the molecule is CNC(CCC1CCCCC1)c1ccc(C)c(F)c1. The van der Waals surface area contributed by atoms with Crippen LogP contribution < -0.4 is 5.32 Å². The predicted octanol–water partition coefficient (Wildman–Crippen LogP) is 4.76. The van der Waals surface area contributed by atoms with Crippen molar-refractivity contribution in [2.75, 3.05) is 7.05 Å². The molecule has 0 bridgehead atoms. The smallest absolute Gasteiger partial charge is 0.126 e. The van der Waals surface area contributed by atoms with Crippen molar-refractivity contribution >= 4 is 0 Å². The summed E-state index contributed by atoms with van der Waals surface area (Å²) in [6.45, 7) is 1.82. The third-order valence-electron chi connectivity index (χ3n) is 4.54. The van der Waals surface area contributed by atoms with Crippen LogP contribution in [-0.2, 0) is 0 Å². The molecule has 0 radical (unpaired) electrons. The summed E-state index contributed by atoms with van der Waals surface area (Å²) in [5, 5.41) is 3.34. The van der Waals surface area contributed by atoms with Crippen molar-refractivity contribution in [1.82, 2.24) is 5.32 Å². The average Bonchev–Trinajstić information content (AvgIpc) is 2.44. The topological polar surface area (TPSA) is 12.0 Å². The first-order valence-corrected chi connectivity index (χ1v) is 7.64. The highest BCUT2D eigenvalue weighted by Crippen LogP contribution is 2.30. The molecule has 0 saturated heterocycles. The van der Waals surface area contributed by atoms with Crippen LogP contribution in [0.4, 0.5) is 4.39 Å². The van der Waals surface area contributed by atoms with E-state index in [1.165, 1.54) is 38.5 Å². The summed E-state index contributed by atoms with van der Waals surface area (Å²) >= 11 is 0. The molecule has 0 aliphatic heterocycles. The zero-order valence-electron chi connectivity index (χ0n) is 12.2. The first-order valence-electron chi connectivity index (χ1n) is 7.64. The van der Waals surface area contributed by atoms with Crippen molar-refractivity contribution in [1.29, 1.82) is 0 Å². The largest absolute Gasteiger partial charge is 0.313 e. The monoisotopic (exact) mass is 263 g/mol. The summed E-state index contributed by atoms with van der Waals surface area (Å²) in [5.74, 6) is 0.801. The molecule has 1 atom stereocenters. The van der Waals surface area contributed by atoms with E-state index in [4.69, 9.17) is 0 Å². The Morgan fingerprint density at radius 3 is 2.63 bits per heavy atom. The molecule has 0 amide bonds. The summed E-state index contributed by atoms with van der Waals surface area (Å²) in [4.78, 5) is 0. The molecule has 1 aromatic carbocycles. The van der Waals surface area contributed by atoms with Gasteiger partial charge in [-0.2, -0.15) is 0 Å². The molecule has 1 aliphatic rings. The average molecular weight is 263 g/mol. The molecule has 1 aliphatic carbocycles. The van der Waals surface area contributed by atoms with Crippen LogP contribution in [0.25, 0.3) is 0 Å². The van der Waals surface area contributed by atoms with Crippen LogP contribution in [0.2, 0.25) is 0 Å². The molecule has 2 heteroatoms. The van der Waals surface area contributed by atoms with Gasteiger partial charge < -0.3 is 5.32 Å².